The highest BCUT2D eigenvalue weighted by Crippen LogP contribution is 2.41. The summed E-state index contributed by atoms with van der Waals surface area (Å²) in [6.07, 6.45) is -8.83. The molecule has 1 atom stereocenters. The van der Waals surface area contributed by atoms with Crippen LogP contribution in [0.4, 0.5) is 26.3 Å². The average Bonchev–Trinajstić information content (AvgIpc) is 2.85. The van der Waals surface area contributed by atoms with Gasteiger partial charge in [0.1, 0.15) is 22.8 Å². The molecule has 0 N–H and O–H groups in total. The van der Waals surface area contributed by atoms with Crippen LogP contribution >= 0.6 is 0 Å². The second-order valence-electron chi connectivity index (χ2n) is 9.03. The maximum absolute atomic E-state index is 13.5. The quantitative estimate of drug-likeness (QED) is 0.212. The number of benzene rings is 3. The maximum atomic E-state index is 13.5. The van der Waals surface area contributed by atoms with E-state index in [1.165, 1.54) is 37.4 Å². The van der Waals surface area contributed by atoms with Gasteiger partial charge in [-0.15, -0.1) is 0 Å². The third-order valence-electron chi connectivity index (χ3n) is 5.78. The van der Waals surface area contributed by atoms with E-state index in [-0.39, 0.29) is 23.2 Å². The number of hydrogen-bond acceptors (Lipinski definition) is 4. The Hall–Kier alpha value is -3.69. The van der Waals surface area contributed by atoms with Gasteiger partial charge in [0.05, 0.1) is 25.7 Å². The third-order valence-corrected chi connectivity index (χ3v) is 5.78. The summed E-state index contributed by atoms with van der Waals surface area (Å²) < 4.78 is 95.2. The Morgan fingerprint density at radius 1 is 0.789 bits per heavy atom. The normalized spacial score (nSPS) is 12.8. The molecule has 0 aliphatic rings. The summed E-state index contributed by atoms with van der Waals surface area (Å²) in [5, 5.41) is 0. The molecule has 1 unspecified atom stereocenters. The predicted molar refractivity (Wildman–Crippen MR) is 129 cm³/mol. The van der Waals surface area contributed by atoms with Crippen LogP contribution in [0.5, 0.6) is 17.2 Å². The van der Waals surface area contributed by atoms with Crippen molar-refractivity contribution in [3.05, 3.63) is 77.4 Å². The number of carbonyl (C=O) groups is 1. The zero-order valence-electron chi connectivity index (χ0n) is 21.0. The zero-order chi connectivity index (χ0) is 28.3. The molecule has 3 aromatic carbocycles. The summed E-state index contributed by atoms with van der Waals surface area (Å²) in [4.78, 5) is 12.6. The van der Waals surface area contributed by atoms with Crippen LogP contribution in [0.2, 0.25) is 0 Å². The summed E-state index contributed by atoms with van der Waals surface area (Å²) in [6, 6.07) is 12.2. The first-order valence-electron chi connectivity index (χ1n) is 11.6. The fourth-order valence-electron chi connectivity index (χ4n) is 3.99. The molecule has 0 aliphatic carbocycles. The molecule has 0 aliphatic heterocycles. The summed E-state index contributed by atoms with van der Waals surface area (Å²) in [5.41, 5.74) is -0.623. The lowest BCUT2D eigenvalue weighted by atomic mass is 9.88. The number of ether oxygens (including phenoxy) is 3. The van der Waals surface area contributed by atoms with Gasteiger partial charge in [0.25, 0.3) is 0 Å². The molecule has 10 heteroatoms. The molecule has 204 valence electrons. The van der Waals surface area contributed by atoms with Gasteiger partial charge in [0, 0.05) is 0 Å². The van der Waals surface area contributed by atoms with Gasteiger partial charge < -0.3 is 14.2 Å². The predicted octanol–water partition coefficient (Wildman–Crippen LogP) is 8.49. The molecular formula is C28H26F6O4. The van der Waals surface area contributed by atoms with E-state index >= 15 is 0 Å². The largest absolute Gasteiger partial charge is 0.496 e. The zero-order valence-corrected chi connectivity index (χ0v) is 21.0. The van der Waals surface area contributed by atoms with Gasteiger partial charge in [-0.05, 0) is 71.5 Å². The fourth-order valence-corrected chi connectivity index (χ4v) is 3.99. The van der Waals surface area contributed by atoms with Gasteiger partial charge in [0.2, 0.25) is 0 Å². The lowest BCUT2D eigenvalue weighted by molar-refractivity contribution is -0.143. The molecule has 4 nitrogen and oxygen atoms in total. The van der Waals surface area contributed by atoms with Crippen molar-refractivity contribution in [3.63, 3.8) is 0 Å². The van der Waals surface area contributed by atoms with Crippen LogP contribution in [0.25, 0.3) is 11.1 Å². The van der Waals surface area contributed by atoms with Crippen LogP contribution in [0.15, 0.2) is 60.7 Å². The second kappa shape index (κ2) is 11.4. The molecule has 0 spiro atoms. The van der Waals surface area contributed by atoms with Crippen LogP contribution in [-0.2, 0) is 21.9 Å². The Morgan fingerprint density at radius 3 is 1.97 bits per heavy atom. The lowest BCUT2D eigenvalue weighted by Crippen LogP contribution is -2.16. The van der Waals surface area contributed by atoms with E-state index in [1.807, 2.05) is 13.8 Å². The van der Waals surface area contributed by atoms with E-state index in [0.717, 1.165) is 31.4 Å². The van der Waals surface area contributed by atoms with E-state index in [4.69, 9.17) is 14.2 Å². The molecule has 0 saturated carbocycles. The average molecular weight is 541 g/mol. The summed E-state index contributed by atoms with van der Waals surface area (Å²) >= 11 is 0. The second-order valence-corrected chi connectivity index (χ2v) is 9.03. The van der Waals surface area contributed by atoms with E-state index in [0.29, 0.717) is 23.1 Å². The number of carbonyl (C=O) groups excluding carboxylic acids is 1. The first-order valence-corrected chi connectivity index (χ1v) is 11.6. The van der Waals surface area contributed by atoms with E-state index in [2.05, 4.69) is 0 Å². The summed E-state index contributed by atoms with van der Waals surface area (Å²) in [7, 11) is 2.36. The Labute approximate surface area is 216 Å². The number of halogens is 6. The van der Waals surface area contributed by atoms with Crippen molar-refractivity contribution < 1.29 is 45.3 Å². The Morgan fingerprint density at radius 2 is 1.45 bits per heavy atom. The molecule has 3 rings (SSSR count). The molecule has 0 bridgehead atoms. The first kappa shape index (κ1) is 28.9. The van der Waals surface area contributed by atoms with Gasteiger partial charge in [0.15, 0.2) is 0 Å². The van der Waals surface area contributed by atoms with Crippen LogP contribution in [0.1, 0.15) is 42.9 Å². The standard InChI is InChI=1S/C28H26F6O4/c1-16(2)11-23(26(35)37-4)19-12-18(17-5-7-20(8-6-17)27(29,30)31)13-22(14-19)38-21-9-10-25(36-3)24(15-21)28(32,33)34/h5-10,12-16,23H,11H2,1-4H3. The van der Waals surface area contributed by atoms with Gasteiger partial charge in [-0.25, -0.2) is 0 Å². The smallest absolute Gasteiger partial charge is 0.420 e. The summed E-state index contributed by atoms with van der Waals surface area (Å²) in [6.45, 7) is 3.81. The van der Waals surface area contributed by atoms with Crippen LogP contribution < -0.4 is 9.47 Å². The van der Waals surface area contributed by atoms with E-state index < -0.39 is 35.4 Å². The molecule has 0 radical (unpaired) electrons. The molecule has 0 fully saturated rings. The fraction of sp³-hybridized carbons (Fsp3) is 0.321. The van der Waals surface area contributed by atoms with Crippen LogP contribution in [0.3, 0.4) is 0 Å². The number of methoxy groups -OCH3 is 2. The minimum absolute atomic E-state index is 0.0779. The van der Waals surface area contributed by atoms with Crippen molar-refractivity contribution in [2.45, 2.75) is 38.5 Å². The molecule has 0 heterocycles. The molecule has 0 amide bonds. The molecular weight excluding hydrogens is 514 g/mol. The molecule has 0 aromatic heterocycles. The number of alkyl halides is 6. The van der Waals surface area contributed by atoms with Crippen molar-refractivity contribution >= 4 is 5.97 Å². The highest BCUT2D eigenvalue weighted by Gasteiger charge is 2.35. The topological polar surface area (TPSA) is 44.8 Å². The third kappa shape index (κ3) is 6.99. The van der Waals surface area contributed by atoms with E-state index in [1.54, 1.807) is 6.07 Å². The van der Waals surface area contributed by atoms with Crippen molar-refractivity contribution in [3.8, 4) is 28.4 Å². The van der Waals surface area contributed by atoms with Crippen molar-refractivity contribution in [2.75, 3.05) is 14.2 Å². The molecule has 3 aromatic rings. The minimum atomic E-state index is -4.70. The van der Waals surface area contributed by atoms with Gasteiger partial charge >= 0.3 is 18.3 Å². The molecule has 0 saturated heterocycles. The number of esters is 1. The van der Waals surface area contributed by atoms with E-state index in [9.17, 15) is 31.1 Å². The number of hydrogen-bond donors (Lipinski definition) is 0. The Balaban J connectivity index is 2.13. The van der Waals surface area contributed by atoms with Crippen molar-refractivity contribution in [2.24, 2.45) is 5.92 Å². The van der Waals surface area contributed by atoms with Crippen LogP contribution in [-0.4, -0.2) is 20.2 Å². The van der Waals surface area contributed by atoms with Gasteiger partial charge in [-0.3, -0.25) is 4.79 Å². The number of rotatable bonds is 8. The monoisotopic (exact) mass is 540 g/mol. The SMILES string of the molecule is COC(=O)C(CC(C)C)c1cc(Oc2ccc(OC)c(C(F)(F)F)c2)cc(-c2ccc(C(F)(F)F)cc2)c1. The van der Waals surface area contributed by atoms with Gasteiger partial charge in [-0.1, -0.05) is 32.0 Å². The van der Waals surface area contributed by atoms with Gasteiger partial charge in [-0.2, -0.15) is 26.3 Å². The Kier molecular flexibility index (Phi) is 8.64. The Bertz CT molecular complexity index is 1260. The van der Waals surface area contributed by atoms with Crippen molar-refractivity contribution in [1.29, 1.82) is 0 Å². The van der Waals surface area contributed by atoms with Crippen LogP contribution in [0, 0.1) is 5.92 Å². The van der Waals surface area contributed by atoms with Crippen molar-refractivity contribution in [1.82, 2.24) is 0 Å². The molecule has 38 heavy (non-hydrogen) atoms. The highest BCUT2D eigenvalue weighted by molar-refractivity contribution is 5.79. The summed E-state index contributed by atoms with van der Waals surface area (Å²) in [5.74, 6) is -1.63. The first-order chi connectivity index (χ1) is 17.7. The maximum Gasteiger partial charge on any atom is 0.420 e. The lowest BCUT2D eigenvalue weighted by Gasteiger charge is -2.20. The highest BCUT2D eigenvalue weighted by atomic mass is 19.4. The minimum Gasteiger partial charge on any atom is -0.496 e.